The average Bonchev–Trinajstić information content (AvgIpc) is 2.81. The number of aliphatic hydroxyl groups is 1. The molecule has 0 bridgehead atoms. The number of likely N-dealkylation sites (N-methyl/N-ethyl adjacent to an activating group) is 1. The van der Waals surface area contributed by atoms with E-state index in [2.05, 4.69) is 26.9 Å². The van der Waals surface area contributed by atoms with Crippen LogP contribution in [-0.4, -0.2) is 53.1 Å². The normalized spacial score (nSPS) is 20.1. The highest BCUT2D eigenvalue weighted by molar-refractivity contribution is 9.11. The van der Waals surface area contributed by atoms with Gasteiger partial charge in [-0.3, -0.25) is 9.69 Å². The van der Waals surface area contributed by atoms with Crippen LogP contribution in [0.2, 0.25) is 0 Å². The molecule has 1 amide bonds. The second kappa shape index (κ2) is 7.54. The Balaban J connectivity index is 1.88. The van der Waals surface area contributed by atoms with E-state index in [1.54, 1.807) is 11.3 Å². The number of thiophene rings is 1. The van der Waals surface area contributed by atoms with E-state index >= 15 is 0 Å². The second-order valence-electron chi connectivity index (χ2n) is 5.14. The zero-order valence-electron chi connectivity index (χ0n) is 11.7. The van der Waals surface area contributed by atoms with Gasteiger partial charge in [-0.05, 0) is 54.4 Å². The number of hydrogen-bond donors (Lipinski definition) is 1. The number of nitrogens with zero attached hydrogens (tertiary/aromatic N) is 2. The Morgan fingerprint density at radius 3 is 3.00 bits per heavy atom. The fourth-order valence-corrected chi connectivity index (χ4v) is 3.97. The molecule has 1 fully saturated rings. The number of β-amino-alcohol motifs (C(OH)–C–C–N with tert-alkyl or cyclic N) is 1. The summed E-state index contributed by atoms with van der Waals surface area (Å²) < 4.78 is 1.09. The van der Waals surface area contributed by atoms with E-state index in [-0.39, 0.29) is 12.0 Å². The molecule has 6 heteroatoms. The summed E-state index contributed by atoms with van der Waals surface area (Å²) in [5.74, 6) is 0.145. The lowest BCUT2D eigenvalue weighted by atomic mass is 10.1. The Labute approximate surface area is 132 Å². The third-order valence-electron chi connectivity index (χ3n) is 3.55. The van der Waals surface area contributed by atoms with Crippen LogP contribution in [0, 0.1) is 0 Å². The monoisotopic (exact) mass is 360 g/mol. The number of amides is 1. The Bertz CT molecular complexity index is 452. The van der Waals surface area contributed by atoms with Crippen molar-refractivity contribution in [3.63, 3.8) is 0 Å². The number of hydrogen-bond acceptors (Lipinski definition) is 4. The lowest BCUT2D eigenvalue weighted by molar-refractivity contribution is -0.133. The Morgan fingerprint density at radius 1 is 1.60 bits per heavy atom. The van der Waals surface area contributed by atoms with Crippen molar-refractivity contribution < 1.29 is 9.90 Å². The van der Waals surface area contributed by atoms with E-state index in [4.69, 9.17) is 0 Å². The highest BCUT2D eigenvalue weighted by atomic mass is 79.9. The van der Waals surface area contributed by atoms with Gasteiger partial charge in [-0.1, -0.05) is 0 Å². The highest BCUT2D eigenvalue weighted by Gasteiger charge is 2.22. The van der Waals surface area contributed by atoms with Crippen LogP contribution in [0.3, 0.4) is 0 Å². The van der Waals surface area contributed by atoms with Gasteiger partial charge in [0, 0.05) is 18.0 Å². The lowest BCUT2D eigenvalue weighted by Gasteiger charge is -2.31. The maximum atomic E-state index is 12.4. The zero-order valence-corrected chi connectivity index (χ0v) is 14.1. The molecule has 0 unspecified atom stereocenters. The van der Waals surface area contributed by atoms with Gasteiger partial charge in [0.1, 0.15) is 0 Å². The smallest absolute Gasteiger partial charge is 0.237 e. The summed E-state index contributed by atoms with van der Waals surface area (Å²) in [5.41, 5.74) is 0. The van der Waals surface area contributed by atoms with Crippen molar-refractivity contribution in [2.45, 2.75) is 32.4 Å². The number of carbonyl (C=O) groups is 1. The molecule has 0 aliphatic carbocycles. The fourth-order valence-electron chi connectivity index (χ4n) is 2.47. The highest BCUT2D eigenvalue weighted by Crippen LogP contribution is 2.23. The molecule has 112 valence electrons. The summed E-state index contributed by atoms with van der Waals surface area (Å²) in [7, 11) is 0. The van der Waals surface area contributed by atoms with Crippen molar-refractivity contribution in [3.8, 4) is 0 Å². The third kappa shape index (κ3) is 4.55. The zero-order chi connectivity index (χ0) is 14.5. The number of halogens is 1. The minimum absolute atomic E-state index is 0.145. The van der Waals surface area contributed by atoms with Gasteiger partial charge in [0.15, 0.2) is 0 Å². The SMILES string of the molecule is CCN(Cc1ccc(Br)s1)C(=O)CN1CCC[C@H](O)C1. The van der Waals surface area contributed by atoms with Gasteiger partial charge in [0.05, 0.1) is 23.0 Å². The van der Waals surface area contributed by atoms with Crippen LogP contribution in [0.4, 0.5) is 0 Å². The maximum absolute atomic E-state index is 12.4. The Hall–Kier alpha value is -0.430. The van der Waals surface area contributed by atoms with Crippen molar-refractivity contribution in [1.29, 1.82) is 0 Å². The first-order valence-electron chi connectivity index (χ1n) is 7.01. The molecule has 20 heavy (non-hydrogen) atoms. The van der Waals surface area contributed by atoms with Crippen LogP contribution in [-0.2, 0) is 11.3 Å². The predicted molar refractivity (Wildman–Crippen MR) is 84.8 cm³/mol. The molecule has 1 aromatic rings. The van der Waals surface area contributed by atoms with Gasteiger partial charge < -0.3 is 10.0 Å². The minimum atomic E-state index is -0.278. The predicted octanol–water partition coefficient (Wildman–Crippen LogP) is 2.32. The molecule has 0 saturated carbocycles. The van der Waals surface area contributed by atoms with Crippen molar-refractivity contribution in [2.75, 3.05) is 26.2 Å². The number of piperidine rings is 1. The first kappa shape index (κ1) is 15.9. The van der Waals surface area contributed by atoms with Crippen molar-refractivity contribution in [2.24, 2.45) is 0 Å². The first-order chi connectivity index (χ1) is 9.58. The molecular formula is C14H21BrN2O2S. The van der Waals surface area contributed by atoms with Gasteiger partial charge in [-0.25, -0.2) is 0 Å². The van der Waals surface area contributed by atoms with Crippen molar-refractivity contribution >= 4 is 33.2 Å². The number of likely N-dealkylation sites (tertiary alicyclic amines) is 1. The molecule has 1 aliphatic heterocycles. The number of carbonyl (C=O) groups excluding carboxylic acids is 1. The molecule has 1 N–H and O–H groups in total. The Kier molecular flexibility index (Phi) is 6.01. The van der Waals surface area contributed by atoms with E-state index in [1.807, 2.05) is 17.9 Å². The molecule has 4 nitrogen and oxygen atoms in total. The molecule has 1 aromatic heterocycles. The van der Waals surface area contributed by atoms with E-state index < -0.39 is 0 Å². The summed E-state index contributed by atoms with van der Waals surface area (Å²) in [6, 6.07) is 4.06. The molecule has 2 rings (SSSR count). The third-order valence-corrected chi connectivity index (χ3v) is 5.16. The maximum Gasteiger partial charge on any atom is 0.237 e. The van der Waals surface area contributed by atoms with E-state index in [9.17, 15) is 9.90 Å². The number of rotatable bonds is 5. The Morgan fingerprint density at radius 2 is 2.40 bits per heavy atom. The molecule has 0 aromatic carbocycles. The molecule has 1 aliphatic rings. The number of aliphatic hydroxyl groups excluding tert-OH is 1. The van der Waals surface area contributed by atoms with E-state index in [0.29, 0.717) is 26.2 Å². The van der Waals surface area contributed by atoms with Crippen molar-refractivity contribution in [3.05, 3.63) is 20.8 Å². The van der Waals surface area contributed by atoms with Crippen LogP contribution in [0.1, 0.15) is 24.6 Å². The van der Waals surface area contributed by atoms with Crippen LogP contribution in [0.5, 0.6) is 0 Å². The van der Waals surface area contributed by atoms with Gasteiger partial charge in [0.2, 0.25) is 5.91 Å². The van der Waals surface area contributed by atoms with Gasteiger partial charge in [-0.15, -0.1) is 11.3 Å². The topological polar surface area (TPSA) is 43.8 Å². The summed E-state index contributed by atoms with van der Waals surface area (Å²) in [4.78, 5) is 17.5. The van der Waals surface area contributed by atoms with Crippen LogP contribution >= 0.6 is 27.3 Å². The van der Waals surface area contributed by atoms with Gasteiger partial charge >= 0.3 is 0 Å². The molecule has 1 atom stereocenters. The molecule has 0 radical (unpaired) electrons. The fraction of sp³-hybridized carbons (Fsp3) is 0.643. The second-order valence-corrected chi connectivity index (χ2v) is 7.69. The summed E-state index contributed by atoms with van der Waals surface area (Å²) in [6.45, 7) is 5.33. The van der Waals surface area contributed by atoms with Gasteiger partial charge in [-0.2, -0.15) is 0 Å². The van der Waals surface area contributed by atoms with Gasteiger partial charge in [0.25, 0.3) is 0 Å². The molecule has 2 heterocycles. The summed E-state index contributed by atoms with van der Waals surface area (Å²) in [5, 5.41) is 9.66. The summed E-state index contributed by atoms with van der Waals surface area (Å²) >= 11 is 5.11. The average molecular weight is 361 g/mol. The molecule has 1 saturated heterocycles. The standard InChI is InChI=1S/C14H21BrN2O2S/c1-2-17(9-12-5-6-13(15)20-12)14(19)10-16-7-3-4-11(18)8-16/h5-6,11,18H,2-4,7-10H2,1H3/t11-/m0/s1. The molecule has 0 spiro atoms. The van der Waals surface area contributed by atoms with Crippen molar-refractivity contribution in [1.82, 2.24) is 9.80 Å². The van der Waals surface area contributed by atoms with Crippen LogP contribution < -0.4 is 0 Å². The quantitative estimate of drug-likeness (QED) is 0.876. The molecular weight excluding hydrogens is 340 g/mol. The van der Waals surface area contributed by atoms with Crippen LogP contribution in [0.25, 0.3) is 0 Å². The summed E-state index contributed by atoms with van der Waals surface area (Å²) in [6.07, 6.45) is 1.55. The minimum Gasteiger partial charge on any atom is -0.392 e. The first-order valence-corrected chi connectivity index (χ1v) is 8.62. The lowest BCUT2D eigenvalue weighted by Crippen LogP contribution is -2.45. The van der Waals surface area contributed by atoms with E-state index in [0.717, 1.165) is 23.2 Å². The largest absolute Gasteiger partial charge is 0.392 e. The van der Waals surface area contributed by atoms with Crippen LogP contribution in [0.15, 0.2) is 15.9 Å². The van der Waals surface area contributed by atoms with E-state index in [1.165, 1.54) is 4.88 Å².